The molecule has 0 aliphatic heterocycles. The third-order valence-corrected chi connectivity index (χ3v) is 4.99. The average molecular weight is 410 g/mol. The van der Waals surface area contributed by atoms with Gasteiger partial charge in [-0.05, 0) is 54.3 Å². The maximum Gasteiger partial charge on any atom is 0.244 e. The molecule has 0 aliphatic carbocycles. The lowest BCUT2D eigenvalue weighted by Crippen LogP contribution is -2.46. The Labute approximate surface area is 175 Å². The van der Waals surface area contributed by atoms with Crippen molar-refractivity contribution < 1.29 is 13.2 Å². The highest BCUT2D eigenvalue weighted by atomic mass is 19.3. The molecule has 1 unspecified atom stereocenters. The smallest absolute Gasteiger partial charge is 0.244 e. The number of nitrogens with zero attached hydrogens (tertiary/aromatic N) is 1. The Hall–Kier alpha value is -3.08. The van der Waals surface area contributed by atoms with Crippen molar-refractivity contribution in [1.82, 2.24) is 10.3 Å². The second-order valence-electron chi connectivity index (χ2n) is 7.63. The molecule has 1 atom stereocenters. The van der Waals surface area contributed by atoms with E-state index in [-0.39, 0.29) is 5.70 Å². The van der Waals surface area contributed by atoms with Crippen LogP contribution in [0.4, 0.5) is 13.2 Å². The lowest BCUT2D eigenvalue weighted by molar-refractivity contribution is 0.145. The van der Waals surface area contributed by atoms with E-state index < -0.39 is 24.2 Å². The van der Waals surface area contributed by atoms with Gasteiger partial charge in [0.25, 0.3) is 0 Å². The van der Waals surface area contributed by atoms with Gasteiger partial charge in [0.2, 0.25) is 6.43 Å². The molecule has 0 saturated carbocycles. The van der Waals surface area contributed by atoms with Gasteiger partial charge in [0.1, 0.15) is 11.4 Å². The Morgan fingerprint density at radius 1 is 1.03 bits per heavy atom. The van der Waals surface area contributed by atoms with Crippen LogP contribution in [0.25, 0.3) is 0 Å². The van der Waals surface area contributed by atoms with Crippen molar-refractivity contribution in [2.45, 2.75) is 38.7 Å². The first-order chi connectivity index (χ1) is 14.3. The van der Waals surface area contributed by atoms with Crippen LogP contribution in [0.5, 0.6) is 0 Å². The van der Waals surface area contributed by atoms with Gasteiger partial charge in [-0.1, -0.05) is 49.0 Å². The molecule has 2 nitrogen and oxygen atoms in total. The number of rotatable bonds is 8. The SMILES string of the molecule is C=C(CC(F)F)NC(Cc1ccccc1)(c1cc(C)cc(F)c1)c1ccc(C)cn1. The third kappa shape index (κ3) is 5.09. The molecule has 30 heavy (non-hydrogen) atoms. The average Bonchev–Trinajstić information content (AvgIpc) is 2.67. The molecule has 2 aromatic carbocycles. The van der Waals surface area contributed by atoms with Gasteiger partial charge in [-0.2, -0.15) is 0 Å². The lowest BCUT2D eigenvalue weighted by atomic mass is 9.79. The maximum atomic E-state index is 14.4. The van der Waals surface area contributed by atoms with E-state index in [9.17, 15) is 13.2 Å². The molecule has 0 aliphatic rings. The van der Waals surface area contributed by atoms with E-state index >= 15 is 0 Å². The summed E-state index contributed by atoms with van der Waals surface area (Å²) in [6.45, 7) is 7.55. The quantitative estimate of drug-likeness (QED) is 0.487. The molecular weight excluding hydrogens is 385 g/mol. The van der Waals surface area contributed by atoms with Gasteiger partial charge in [-0.3, -0.25) is 4.98 Å². The summed E-state index contributed by atoms with van der Waals surface area (Å²) >= 11 is 0. The lowest BCUT2D eigenvalue weighted by Gasteiger charge is -2.37. The highest BCUT2D eigenvalue weighted by Gasteiger charge is 2.37. The number of benzene rings is 2. The number of pyridine rings is 1. The summed E-state index contributed by atoms with van der Waals surface area (Å²) in [6, 6.07) is 18.1. The zero-order valence-corrected chi connectivity index (χ0v) is 17.1. The fourth-order valence-corrected chi connectivity index (χ4v) is 3.67. The number of halogens is 3. The van der Waals surface area contributed by atoms with Crippen molar-refractivity contribution in [3.63, 3.8) is 0 Å². The predicted octanol–water partition coefficient (Wildman–Crippen LogP) is 6.08. The topological polar surface area (TPSA) is 24.9 Å². The number of hydrogen-bond donors (Lipinski definition) is 1. The Bertz CT molecular complexity index is 980. The fourth-order valence-electron chi connectivity index (χ4n) is 3.67. The second kappa shape index (κ2) is 9.16. The van der Waals surface area contributed by atoms with Crippen LogP contribution < -0.4 is 5.32 Å². The number of aromatic nitrogens is 1. The minimum absolute atomic E-state index is 0.172. The molecule has 0 spiro atoms. The van der Waals surface area contributed by atoms with E-state index in [1.54, 1.807) is 13.1 Å². The summed E-state index contributed by atoms with van der Waals surface area (Å²) < 4.78 is 40.6. The van der Waals surface area contributed by atoms with Crippen LogP contribution in [-0.2, 0) is 12.0 Å². The van der Waals surface area contributed by atoms with Crippen LogP contribution in [0.3, 0.4) is 0 Å². The van der Waals surface area contributed by atoms with E-state index in [1.807, 2.05) is 55.5 Å². The fraction of sp³-hybridized carbons (Fsp3) is 0.240. The molecule has 1 heterocycles. The Morgan fingerprint density at radius 3 is 2.37 bits per heavy atom. The standard InChI is InChI=1S/C25H25F3N2/c1-17-9-10-23(29-16-17)25(30-19(3)13-24(27)28,15-20-7-5-4-6-8-20)21-11-18(2)12-22(26)14-21/h4-12,14,16,24,30H,3,13,15H2,1-2H3. The summed E-state index contributed by atoms with van der Waals surface area (Å²) in [5.74, 6) is -0.393. The number of nitrogens with one attached hydrogen (secondary N) is 1. The molecule has 3 rings (SSSR count). The molecule has 1 aromatic heterocycles. The van der Waals surface area contributed by atoms with Crippen LogP contribution in [0.2, 0.25) is 0 Å². The molecule has 3 aromatic rings. The summed E-state index contributed by atoms with van der Waals surface area (Å²) in [7, 11) is 0. The minimum Gasteiger partial charge on any atom is -0.374 e. The van der Waals surface area contributed by atoms with Crippen LogP contribution in [0.15, 0.2) is 79.1 Å². The largest absolute Gasteiger partial charge is 0.374 e. The van der Waals surface area contributed by atoms with Crippen LogP contribution >= 0.6 is 0 Å². The molecule has 0 amide bonds. The first-order valence-corrected chi connectivity index (χ1v) is 9.77. The van der Waals surface area contributed by atoms with Gasteiger partial charge in [-0.15, -0.1) is 0 Å². The van der Waals surface area contributed by atoms with Gasteiger partial charge >= 0.3 is 0 Å². The maximum absolute atomic E-state index is 14.4. The Morgan fingerprint density at radius 2 is 1.77 bits per heavy atom. The van der Waals surface area contributed by atoms with E-state index in [0.29, 0.717) is 17.7 Å². The number of aryl methyl sites for hydroxylation is 2. The first kappa shape index (κ1) is 21.6. The van der Waals surface area contributed by atoms with Gasteiger partial charge in [0, 0.05) is 24.7 Å². The van der Waals surface area contributed by atoms with Crippen molar-refractivity contribution in [2.24, 2.45) is 0 Å². The molecule has 0 radical (unpaired) electrons. The van der Waals surface area contributed by atoms with Gasteiger partial charge in [0.05, 0.1) is 5.69 Å². The summed E-state index contributed by atoms with van der Waals surface area (Å²) in [5.41, 5.74) is 2.98. The molecule has 0 bridgehead atoms. The molecular formula is C25H25F3N2. The highest BCUT2D eigenvalue weighted by molar-refractivity contribution is 5.41. The van der Waals surface area contributed by atoms with Crippen LogP contribution in [0.1, 0.15) is 34.4 Å². The first-order valence-electron chi connectivity index (χ1n) is 9.77. The van der Waals surface area contributed by atoms with Crippen LogP contribution in [-0.4, -0.2) is 11.4 Å². The molecule has 0 fully saturated rings. The summed E-state index contributed by atoms with van der Waals surface area (Å²) in [4.78, 5) is 4.60. The molecule has 0 saturated heterocycles. The monoisotopic (exact) mass is 410 g/mol. The number of alkyl halides is 2. The number of allylic oxidation sites excluding steroid dienone is 1. The minimum atomic E-state index is -2.54. The number of hydrogen-bond acceptors (Lipinski definition) is 2. The third-order valence-electron chi connectivity index (χ3n) is 4.99. The van der Waals surface area contributed by atoms with Gasteiger partial charge in [0.15, 0.2) is 0 Å². The molecule has 5 heteroatoms. The van der Waals surface area contributed by atoms with Crippen molar-refractivity contribution in [1.29, 1.82) is 0 Å². The van der Waals surface area contributed by atoms with Crippen molar-refractivity contribution in [3.05, 3.63) is 113 Å². The molecule has 1 N–H and O–H groups in total. The van der Waals surface area contributed by atoms with Crippen molar-refractivity contribution in [3.8, 4) is 0 Å². The van der Waals surface area contributed by atoms with Crippen molar-refractivity contribution in [2.75, 3.05) is 0 Å². The second-order valence-corrected chi connectivity index (χ2v) is 7.63. The Balaban J connectivity index is 2.23. The van der Waals surface area contributed by atoms with E-state index in [1.165, 1.54) is 12.1 Å². The summed E-state index contributed by atoms with van der Waals surface area (Å²) in [6.07, 6.45) is -0.940. The van der Waals surface area contributed by atoms with E-state index in [4.69, 9.17) is 0 Å². The predicted molar refractivity (Wildman–Crippen MR) is 114 cm³/mol. The molecule has 156 valence electrons. The van der Waals surface area contributed by atoms with E-state index in [0.717, 1.165) is 16.7 Å². The normalized spacial score (nSPS) is 13.1. The Kier molecular flexibility index (Phi) is 6.60. The zero-order valence-electron chi connectivity index (χ0n) is 17.1. The van der Waals surface area contributed by atoms with Gasteiger partial charge < -0.3 is 5.32 Å². The highest BCUT2D eigenvalue weighted by Crippen LogP contribution is 2.35. The van der Waals surface area contributed by atoms with Crippen molar-refractivity contribution >= 4 is 0 Å². The zero-order chi connectivity index (χ0) is 21.7. The van der Waals surface area contributed by atoms with E-state index in [2.05, 4.69) is 16.9 Å². The summed E-state index contributed by atoms with van der Waals surface area (Å²) in [5, 5.41) is 3.21. The van der Waals surface area contributed by atoms with Gasteiger partial charge in [-0.25, -0.2) is 13.2 Å². The van der Waals surface area contributed by atoms with Crippen LogP contribution in [0, 0.1) is 19.7 Å².